The van der Waals surface area contributed by atoms with E-state index >= 15 is 0 Å². The van der Waals surface area contributed by atoms with Crippen molar-refractivity contribution in [3.05, 3.63) is 124 Å². The summed E-state index contributed by atoms with van der Waals surface area (Å²) in [5, 5.41) is 26.1. The average Bonchev–Trinajstić information content (AvgIpc) is 3.93. The van der Waals surface area contributed by atoms with Crippen LogP contribution in [0.3, 0.4) is 0 Å². The minimum absolute atomic E-state index is 0.0742. The second kappa shape index (κ2) is 18.6. The molecule has 3 aromatic carbocycles. The molecule has 10 nitrogen and oxygen atoms in total. The fraction of sp³-hybridized carbons (Fsp3) is 0.326. The van der Waals surface area contributed by atoms with Crippen LogP contribution in [0.15, 0.2) is 103 Å². The fourth-order valence-corrected chi connectivity index (χ4v) is 7.24. The number of carboxylic acids is 1. The van der Waals surface area contributed by atoms with Gasteiger partial charge in [-0.15, -0.1) is 11.3 Å². The molecule has 5 aromatic rings. The molecule has 4 N–H and O–H groups in total. The smallest absolute Gasteiger partial charge is 0.329 e. The molecule has 2 heterocycles. The van der Waals surface area contributed by atoms with E-state index in [0.717, 1.165) is 52.1 Å². The molecule has 1 saturated carbocycles. The van der Waals surface area contributed by atoms with Crippen LogP contribution < -0.4 is 15.4 Å². The monoisotopic (exact) mass is 746 g/mol. The zero-order valence-electron chi connectivity index (χ0n) is 30.3. The number of nitrogens with one attached hydrogen (secondary N) is 2. The predicted octanol–water partition coefficient (Wildman–Crippen LogP) is 7.74. The van der Waals surface area contributed by atoms with Crippen LogP contribution in [0.2, 0.25) is 0 Å². The van der Waals surface area contributed by atoms with Crippen LogP contribution >= 0.6 is 11.3 Å². The number of hydrogen-bond donors (Lipinski definition) is 4. The van der Waals surface area contributed by atoms with Gasteiger partial charge in [0.25, 0.3) is 5.91 Å². The zero-order chi connectivity index (χ0) is 37.9. The van der Waals surface area contributed by atoms with Gasteiger partial charge in [0.1, 0.15) is 17.9 Å². The van der Waals surface area contributed by atoms with Crippen LogP contribution in [0.25, 0.3) is 22.5 Å². The summed E-state index contributed by atoms with van der Waals surface area (Å²) in [5.41, 5.74) is 3.68. The van der Waals surface area contributed by atoms with Gasteiger partial charge in [-0.2, -0.15) is 0 Å². The highest BCUT2D eigenvalue weighted by Crippen LogP contribution is 2.43. The highest BCUT2D eigenvalue weighted by atomic mass is 32.1. The van der Waals surface area contributed by atoms with Crippen LogP contribution in [0, 0.1) is 0 Å². The third-order valence-electron chi connectivity index (χ3n) is 9.48. The maximum atomic E-state index is 13.7. The number of rotatable bonds is 19. The van der Waals surface area contributed by atoms with Crippen molar-refractivity contribution in [1.82, 2.24) is 20.6 Å². The Morgan fingerprint density at radius 2 is 1.50 bits per heavy atom. The number of unbranched alkanes of at least 4 members (excludes halogenated alkanes) is 4. The van der Waals surface area contributed by atoms with E-state index in [-0.39, 0.29) is 6.42 Å². The highest BCUT2D eigenvalue weighted by molar-refractivity contribution is 7.14. The van der Waals surface area contributed by atoms with E-state index in [0.29, 0.717) is 28.8 Å². The Hall–Kier alpha value is -5.39. The third kappa shape index (κ3) is 10.4. The molecule has 0 aliphatic heterocycles. The number of carboxylic acid groups (broad SMARTS) is 1. The molecule has 0 bridgehead atoms. The van der Waals surface area contributed by atoms with Gasteiger partial charge in [0.05, 0.1) is 11.5 Å². The first-order valence-corrected chi connectivity index (χ1v) is 19.4. The Labute approximate surface area is 319 Å². The molecule has 6 rings (SSSR count). The lowest BCUT2D eigenvalue weighted by Gasteiger charge is -2.24. The summed E-state index contributed by atoms with van der Waals surface area (Å²) in [6.45, 7) is 2.92. The van der Waals surface area contributed by atoms with Crippen molar-refractivity contribution in [2.45, 2.75) is 82.4 Å². The summed E-state index contributed by atoms with van der Waals surface area (Å²) in [6.07, 6.45) is 10.3. The van der Waals surface area contributed by atoms with Crippen molar-refractivity contribution in [3.63, 3.8) is 0 Å². The van der Waals surface area contributed by atoms with Crippen molar-refractivity contribution in [2.24, 2.45) is 0 Å². The maximum Gasteiger partial charge on any atom is 0.329 e. The second-order valence-corrected chi connectivity index (χ2v) is 14.8. The van der Waals surface area contributed by atoms with Crippen LogP contribution in [0.5, 0.6) is 5.75 Å². The number of aliphatic hydroxyl groups excluding tert-OH is 1. The summed E-state index contributed by atoms with van der Waals surface area (Å²) in [7, 11) is 0. The topological polar surface area (TPSA) is 151 Å². The molecule has 3 atom stereocenters. The number of ether oxygens (including phenoxy) is 1. The van der Waals surface area contributed by atoms with E-state index in [2.05, 4.69) is 27.5 Å². The summed E-state index contributed by atoms with van der Waals surface area (Å²) in [6, 6.07) is 24.4. The number of aliphatic carboxylic acids is 1. The lowest BCUT2D eigenvalue weighted by atomic mass is 10.00. The molecule has 0 saturated heterocycles. The molecule has 2 amide bonds. The number of thiophene rings is 1. The minimum atomic E-state index is -1.64. The first-order valence-electron chi connectivity index (χ1n) is 18.6. The van der Waals surface area contributed by atoms with Gasteiger partial charge >= 0.3 is 5.97 Å². The summed E-state index contributed by atoms with van der Waals surface area (Å²) >= 11 is 1.40. The van der Waals surface area contributed by atoms with E-state index in [1.165, 1.54) is 37.0 Å². The molecule has 1 aliphatic rings. The van der Waals surface area contributed by atoms with Crippen molar-refractivity contribution in [1.29, 1.82) is 0 Å². The average molecular weight is 747 g/mol. The molecule has 2 unspecified atom stereocenters. The van der Waals surface area contributed by atoms with Crippen LogP contribution in [0.4, 0.5) is 0 Å². The molecule has 280 valence electrons. The predicted molar refractivity (Wildman–Crippen MR) is 209 cm³/mol. The van der Waals surface area contributed by atoms with Crippen LogP contribution in [-0.4, -0.2) is 56.7 Å². The Bertz CT molecular complexity index is 1980. The highest BCUT2D eigenvalue weighted by Gasteiger charge is 2.33. The number of amides is 2. The third-order valence-corrected chi connectivity index (χ3v) is 10.7. The Kier molecular flexibility index (Phi) is 13.2. The van der Waals surface area contributed by atoms with Crippen LogP contribution in [0.1, 0.15) is 89.6 Å². The number of carbonyl (C=O) groups is 3. The van der Waals surface area contributed by atoms with E-state index in [1.54, 1.807) is 48.8 Å². The van der Waals surface area contributed by atoms with Gasteiger partial charge in [0.15, 0.2) is 11.9 Å². The lowest BCUT2D eigenvalue weighted by Crippen LogP contribution is -2.54. The number of hydrogen-bond acceptors (Lipinski definition) is 8. The zero-order valence-corrected chi connectivity index (χ0v) is 31.1. The second-order valence-electron chi connectivity index (χ2n) is 13.7. The lowest BCUT2D eigenvalue weighted by molar-refractivity contribution is -0.145. The minimum Gasteiger partial charge on any atom is -0.494 e. The summed E-state index contributed by atoms with van der Waals surface area (Å²) in [4.78, 5) is 50.1. The Balaban J connectivity index is 1.12. The number of aliphatic hydroxyl groups is 1. The molecule has 54 heavy (non-hydrogen) atoms. The molecule has 11 heteroatoms. The molecule has 0 spiro atoms. The first-order chi connectivity index (χ1) is 26.3. The molecule has 2 aromatic heterocycles. The van der Waals surface area contributed by atoms with E-state index in [4.69, 9.17) is 4.74 Å². The first kappa shape index (κ1) is 38.3. The fourth-order valence-electron chi connectivity index (χ4n) is 6.16. The summed E-state index contributed by atoms with van der Waals surface area (Å²) < 4.78 is 5.90. The Morgan fingerprint density at radius 1 is 0.815 bits per heavy atom. The van der Waals surface area contributed by atoms with Crippen molar-refractivity contribution in [2.75, 3.05) is 6.61 Å². The SMILES string of the molecule is CCCCCCCOc1ccc(-c2cnc(-c3ccc(C[C@H](NC(=O)c4ccc(C5CC5)s4)C(=O)NC(C(=O)O)C(O)c4ccccc4)cc3)nc2)cc1. The van der Waals surface area contributed by atoms with Gasteiger partial charge in [-0.25, -0.2) is 14.8 Å². The van der Waals surface area contributed by atoms with E-state index in [9.17, 15) is 24.6 Å². The maximum absolute atomic E-state index is 13.7. The quantitative estimate of drug-likeness (QED) is 0.0627. The molecular weight excluding hydrogens is 701 g/mol. The van der Waals surface area contributed by atoms with Crippen LogP contribution in [-0.2, 0) is 16.0 Å². The standard InChI is InChI=1S/C43H46N4O6S/c1-2-3-4-5-9-24-53-34-20-18-29(19-21-34)33-26-44-40(45-27-33)32-14-12-28(13-15-32)25-35(46-42(50)37-23-22-36(54-37)30-16-17-30)41(49)47-38(43(51)52)39(48)31-10-7-6-8-11-31/h6-8,10-15,18-23,26-27,30,35,38-39,48H,2-5,9,16-17,24-25H2,1H3,(H,46,50)(H,47,49)(H,51,52)/t35-,38?,39?/m0/s1. The van der Waals surface area contributed by atoms with Crippen molar-refractivity contribution < 1.29 is 29.3 Å². The van der Waals surface area contributed by atoms with Gasteiger partial charge in [-0.1, -0.05) is 99.3 Å². The van der Waals surface area contributed by atoms with Crippen molar-refractivity contribution >= 4 is 29.1 Å². The Morgan fingerprint density at radius 3 is 2.17 bits per heavy atom. The van der Waals surface area contributed by atoms with Gasteiger partial charge < -0.3 is 25.6 Å². The molecule has 0 radical (unpaired) electrons. The van der Waals surface area contributed by atoms with Gasteiger partial charge in [0, 0.05) is 34.8 Å². The number of aromatic nitrogens is 2. The summed E-state index contributed by atoms with van der Waals surface area (Å²) in [5.74, 6) is -0.707. The number of carbonyl (C=O) groups excluding carboxylic acids is 2. The van der Waals surface area contributed by atoms with Gasteiger partial charge in [-0.3, -0.25) is 9.59 Å². The van der Waals surface area contributed by atoms with E-state index < -0.39 is 36.0 Å². The van der Waals surface area contributed by atoms with E-state index in [1.807, 2.05) is 54.6 Å². The molecule has 1 fully saturated rings. The molecular formula is C43H46N4O6S. The number of nitrogens with zero attached hydrogens (tertiary/aromatic N) is 2. The van der Waals surface area contributed by atoms with Gasteiger partial charge in [0.2, 0.25) is 5.91 Å². The number of benzene rings is 3. The normalized spacial score (nSPS) is 14.1. The largest absolute Gasteiger partial charge is 0.494 e. The molecule has 1 aliphatic carbocycles. The van der Waals surface area contributed by atoms with Crippen molar-refractivity contribution in [3.8, 4) is 28.3 Å². The van der Waals surface area contributed by atoms with Gasteiger partial charge in [-0.05, 0) is 66.1 Å².